The van der Waals surface area contributed by atoms with Gasteiger partial charge in [0, 0.05) is 0 Å². The molecule has 8 heavy (non-hydrogen) atoms. The van der Waals surface area contributed by atoms with E-state index >= 15 is 0 Å². The van der Waals surface area contributed by atoms with Crippen LogP contribution in [0.15, 0.2) is 0 Å². The third-order valence-electron chi connectivity index (χ3n) is 0.547. The molecule has 0 aromatic carbocycles. The third kappa shape index (κ3) is 16.3. The van der Waals surface area contributed by atoms with Crippen molar-refractivity contribution in [3.8, 4) is 0 Å². The predicted molar refractivity (Wildman–Crippen MR) is 28.3 cm³/mol. The molecule has 38 valence electrons. The summed E-state index contributed by atoms with van der Waals surface area (Å²) < 4.78 is 0. The van der Waals surface area contributed by atoms with Crippen LogP contribution in [0, 0.1) is 0 Å². The van der Waals surface area contributed by atoms with Gasteiger partial charge in [0.15, 0.2) is 0 Å². The molecule has 0 atom stereocenters. The van der Waals surface area contributed by atoms with Crippen LogP contribution in [-0.2, 0) is 0 Å². The molecule has 0 radical (unpaired) electrons. The van der Waals surface area contributed by atoms with Crippen molar-refractivity contribution in [1.29, 1.82) is 0 Å². The van der Waals surface area contributed by atoms with Crippen molar-refractivity contribution in [1.82, 2.24) is 0 Å². The largest absolute Gasteiger partial charge is 1.00 e. The third-order valence-corrected chi connectivity index (χ3v) is 0.547. The van der Waals surface area contributed by atoms with Gasteiger partial charge in [-0.2, -0.15) is 27.2 Å². The summed E-state index contributed by atoms with van der Waals surface area (Å²) in [6.45, 7) is 1.74. The number of rotatable bonds is 3. The summed E-state index contributed by atoms with van der Waals surface area (Å²) in [4.78, 5) is 0. The van der Waals surface area contributed by atoms with Crippen molar-refractivity contribution in [2.24, 2.45) is 0 Å². The average Bonchev–Trinajstić information content (AvgIpc) is 1.61. The molecule has 0 bridgehead atoms. The van der Waals surface area contributed by atoms with E-state index in [2.05, 4.69) is 10.6 Å². The molecule has 2 nitrogen and oxygen atoms in total. The van der Waals surface area contributed by atoms with Crippen molar-refractivity contribution in [3.05, 3.63) is 10.6 Å². The minimum absolute atomic E-state index is 0. The first kappa shape index (κ1) is 17.6. The standard InChI is InChI=1S/C4H10N2.2Rb/c1-5-3-4-6-2;;/h3-4H2,1-2H3;;/q-2;2*+1. The van der Waals surface area contributed by atoms with Gasteiger partial charge in [0.2, 0.25) is 0 Å². The van der Waals surface area contributed by atoms with Crippen LogP contribution < -0.4 is 116 Å². The van der Waals surface area contributed by atoms with Gasteiger partial charge in [-0.3, -0.25) is 0 Å². The van der Waals surface area contributed by atoms with Crippen LogP contribution in [0.5, 0.6) is 0 Å². The van der Waals surface area contributed by atoms with Gasteiger partial charge in [-0.15, -0.1) is 0 Å². The molecule has 0 rings (SSSR count). The van der Waals surface area contributed by atoms with E-state index in [0.717, 1.165) is 13.1 Å². The Bertz CT molecular complexity index is 24.0. The quantitative estimate of drug-likeness (QED) is 0.453. The zero-order chi connectivity index (χ0) is 4.83. The summed E-state index contributed by atoms with van der Waals surface area (Å²) in [5.74, 6) is 0. The smallest absolute Gasteiger partial charge is 0.666 e. The van der Waals surface area contributed by atoms with Crippen LogP contribution in [0.2, 0.25) is 0 Å². The van der Waals surface area contributed by atoms with Crippen molar-refractivity contribution in [3.63, 3.8) is 0 Å². The Balaban J connectivity index is -0.000000125. The first-order chi connectivity index (χ1) is 2.91. The number of likely N-dealkylation sites (N-methyl/N-ethyl adjacent to an activating group) is 2. The fraction of sp³-hybridized carbons (Fsp3) is 1.00. The molecule has 0 N–H and O–H groups in total. The predicted octanol–water partition coefficient (Wildman–Crippen LogP) is -5.00. The number of nitrogens with zero attached hydrogens (tertiary/aromatic N) is 2. The molecule has 0 aromatic rings. The van der Waals surface area contributed by atoms with Crippen LogP contribution in [0.3, 0.4) is 0 Å². The van der Waals surface area contributed by atoms with E-state index in [4.69, 9.17) is 0 Å². The molecule has 0 fully saturated rings. The Morgan fingerprint density at radius 2 is 1.12 bits per heavy atom. The fourth-order valence-electron chi connectivity index (χ4n) is 0.200. The van der Waals surface area contributed by atoms with E-state index < -0.39 is 0 Å². The van der Waals surface area contributed by atoms with Crippen LogP contribution in [0.4, 0.5) is 0 Å². The summed E-state index contributed by atoms with van der Waals surface area (Å²) in [5, 5.41) is 7.66. The monoisotopic (exact) mass is 256 g/mol. The van der Waals surface area contributed by atoms with Gasteiger partial charge in [-0.1, -0.05) is 0 Å². The molecule has 0 amide bonds. The maximum atomic E-state index is 3.83. The van der Waals surface area contributed by atoms with Crippen LogP contribution >= 0.6 is 0 Å². The normalized spacial score (nSPS) is 6.75. The number of hydrogen-bond acceptors (Lipinski definition) is 0. The summed E-state index contributed by atoms with van der Waals surface area (Å²) >= 11 is 0. The van der Waals surface area contributed by atoms with E-state index in [9.17, 15) is 0 Å². The van der Waals surface area contributed by atoms with Gasteiger partial charge >= 0.3 is 116 Å². The van der Waals surface area contributed by atoms with Crippen LogP contribution in [-0.4, -0.2) is 27.2 Å². The second-order valence-corrected chi connectivity index (χ2v) is 1.08. The van der Waals surface area contributed by atoms with E-state index in [0.29, 0.717) is 0 Å². The molecule has 0 unspecified atom stereocenters. The average molecular weight is 257 g/mol. The Morgan fingerprint density at radius 1 is 0.875 bits per heavy atom. The zero-order valence-corrected chi connectivity index (χ0v) is 16.1. The molecule has 0 heterocycles. The summed E-state index contributed by atoms with van der Waals surface area (Å²) in [6.07, 6.45) is 0. The maximum Gasteiger partial charge on any atom is 1.00 e. The molecular formula is C4H10N2Rb2. The Morgan fingerprint density at radius 3 is 1.25 bits per heavy atom. The second-order valence-electron chi connectivity index (χ2n) is 1.08. The topological polar surface area (TPSA) is 28.2 Å². The van der Waals surface area contributed by atoms with Crippen molar-refractivity contribution >= 4 is 0 Å². The summed E-state index contributed by atoms with van der Waals surface area (Å²) in [5.41, 5.74) is 0. The number of hydrogen-bond donors (Lipinski definition) is 0. The van der Waals surface area contributed by atoms with E-state index in [1.54, 1.807) is 14.1 Å². The Labute approximate surface area is 150 Å². The van der Waals surface area contributed by atoms with Gasteiger partial charge in [-0.05, 0) is 0 Å². The van der Waals surface area contributed by atoms with Crippen molar-refractivity contribution < 1.29 is 116 Å². The first-order valence-electron chi connectivity index (χ1n) is 2.03. The summed E-state index contributed by atoms with van der Waals surface area (Å²) in [7, 11) is 3.59. The van der Waals surface area contributed by atoms with Crippen LogP contribution in [0.25, 0.3) is 10.6 Å². The Kier molecular flexibility index (Phi) is 37.0. The molecule has 0 aliphatic carbocycles. The van der Waals surface area contributed by atoms with Gasteiger partial charge in [-0.25, -0.2) is 0 Å². The van der Waals surface area contributed by atoms with Gasteiger partial charge < -0.3 is 10.6 Å². The maximum absolute atomic E-state index is 3.83. The summed E-state index contributed by atoms with van der Waals surface area (Å²) in [6, 6.07) is 0. The Hall–Kier alpha value is 3.53. The van der Waals surface area contributed by atoms with Crippen molar-refractivity contribution in [2.45, 2.75) is 0 Å². The molecule has 0 aromatic heterocycles. The minimum atomic E-state index is 0. The van der Waals surface area contributed by atoms with E-state index in [-0.39, 0.29) is 116 Å². The first-order valence-corrected chi connectivity index (χ1v) is 2.03. The van der Waals surface area contributed by atoms with E-state index in [1.165, 1.54) is 0 Å². The molecule has 0 saturated heterocycles. The van der Waals surface area contributed by atoms with Gasteiger partial charge in [0.05, 0.1) is 0 Å². The minimum Gasteiger partial charge on any atom is -0.666 e. The molecule has 0 aliphatic heterocycles. The molecular weight excluding hydrogens is 247 g/mol. The van der Waals surface area contributed by atoms with Gasteiger partial charge in [0.25, 0.3) is 0 Å². The second kappa shape index (κ2) is 16.9. The zero-order valence-electron chi connectivity index (χ0n) is 6.31. The fourth-order valence-corrected chi connectivity index (χ4v) is 0.200. The SMILES string of the molecule is C[N-]CC[N-]C.[Rb+].[Rb+]. The van der Waals surface area contributed by atoms with Gasteiger partial charge in [0.1, 0.15) is 0 Å². The van der Waals surface area contributed by atoms with Crippen molar-refractivity contribution in [2.75, 3.05) is 27.2 Å². The molecule has 4 heteroatoms. The molecule has 0 spiro atoms. The van der Waals surface area contributed by atoms with Crippen LogP contribution in [0.1, 0.15) is 0 Å². The van der Waals surface area contributed by atoms with E-state index in [1.807, 2.05) is 0 Å². The molecule has 0 aliphatic rings. The molecule has 0 saturated carbocycles.